The van der Waals surface area contributed by atoms with Crippen molar-refractivity contribution in [1.29, 1.82) is 0 Å². The molecule has 0 aliphatic carbocycles. The van der Waals surface area contributed by atoms with Crippen LogP contribution in [0.25, 0.3) is 0 Å². The van der Waals surface area contributed by atoms with Crippen LogP contribution in [0, 0.1) is 0 Å². The smallest absolute Gasteiger partial charge is 0.0322 e. The summed E-state index contributed by atoms with van der Waals surface area (Å²) in [6.45, 7) is 10.9. The summed E-state index contributed by atoms with van der Waals surface area (Å²) in [6, 6.07) is 8.70. The molecule has 0 unspecified atom stereocenters. The van der Waals surface area contributed by atoms with E-state index in [1.54, 1.807) is 0 Å². The Morgan fingerprint density at radius 3 is 1.86 bits per heavy atom. The van der Waals surface area contributed by atoms with Gasteiger partial charge in [-0.15, -0.1) is 0 Å². The highest BCUT2D eigenvalue weighted by Gasteiger charge is 2.18. The summed E-state index contributed by atoms with van der Waals surface area (Å²) in [5.41, 5.74) is 2.88. The van der Waals surface area contributed by atoms with Gasteiger partial charge < -0.3 is 0 Å². The lowest BCUT2D eigenvalue weighted by molar-refractivity contribution is 0.588. The largest absolute Gasteiger partial charge is 0.168 e. The fourth-order valence-corrected chi connectivity index (χ4v) is 1.51. The van der Waals surface area contributed by atoms with Crippen LogP contribution in [0.1, 0.15) is 45.7 Å². The first-order chi connectivity index (χ1) is 6.21. The third kappa shape index (κ3) is 2.78. The van der Waals surface area contributed by atoms with E-state index in [0.29, 0.717) is 0 Å². The van der Waals surface area contributed by atoms with Crippen molar-refractivity contribution in [2.75, 3.05) is 0 Å². The van der Waals surface area contributed by atoms with Crippen molar-refractivity contribution >= 4 is 12.6 Å². The topological polar surface area (TPSA) is 0 Å². The molecule has 0 amide bonds. The van der Waals surface area contributed by atoms with Crippen LogP contribution in [0.4, 0.5) is 0 Å². The van der Waals surface area contributed by atoms with Crippen LogP contribution in [0.3, 0.4) is 0 Å². The summed E-state index contributed by atoms with van der Waals surface area (Å²) < 4.78 is -0.0543. The maximum absolute atomic E-state index is 4.59. The van der Waals surface area contributed by atoms with E-state index in [2.05, 4.69) is 71.5 Å². The Morgan fingerprint density at radius 2 is 1.43 bits per heavy atom. The molecule has 0 N–H and O–H groups in total. The second-order valence-electron chi connectivity index (χ2n) is 5.39. The standard InChI is InChI=1S/C13H20S/c1-12(2,3)10-7-6-8-11(9-10)13(4,5)14/h6-9,14H,1-5H3. The number of hydrogen-bond donors (Lipinski definition) is 1. The van der Waals surface area contributed by atoms with Crippen LogP contribution in [-0.4, -0.2) is 0 Å². The van der Waals surface area contributed by atoms with Gasteiger partial charge in [0.1, 0.15) is 0 Å². The lowest BCUT2D eigenvalue weighted by Gasteiger charge is -2.24. The van der Waals surface area contributed by atoms with E-state index in [-0.39, 0.29) is 10.2 Å². The molecule has 0 heterocycles. The molecule has 0 radical (unpaired) electrons. The van der Waals surface area contributed by atoms with Gasteiger partial charge in [0, 0.05) is 4.75 Å². The van der Waals surface area contributed by atoms with E-state index in [0.717, 1.165) is 0 Å². The maximum atomic E-state index is 4.59. The van der Waals surface area contributed by atoms with Gasteiger partial charge in [0.05, 0.1) is 0 Å². The molecule has 0 nitrogen and oxygen atoms in total. The summed E-state index contributed by atoms with van der Waals surface area (Å²) in [7, 11) is 0. The first-order valence-electron chi connectivity index (χ1n) is 5.04. The lowest BCUT2D eigenvalue weighted by Crippen LogP contribution is -2.14. The second-order valence-corrected chi connectivity index (χ2v) is 6.51. The fraction of sp³-hybridized carbons (Fsp3) is 0.538. The molecule has 0 fully saturated rings. The minimum atomic E-state index is -0.0543. The van der Waals surface area contributed by atoms with Gasteiger partial charge >= 0.3 is 0 Å². The molecule has 1 aromatic carbocycles. The van der Waals surface area contributed by atoms with E-state index in [9.17, 15) is 0 Å². The fourth-order valence-electron chi connectivity index (χ4n) is 1.37. The molecule has 1 rings (SSSR count). The Labute approximate surface area is 93.1 Å². The van der Waals surface area contributed by atoms with Crippen molar-refractivity contribution in [2.24, 2.45) is 0 Å². The Balaban J connectivity index is 3.15. The van der Waals surface area contributed by atoms with Crippen LogP contribution in [0.15, 0.2) is 24.3 Å². The number of thiol groups is 1. The van der Waals surface area contributed by atoms with E-state index < -0.39 is 0 Å². The molecule has 1 aromatic rings. The highest BCUT2D eigenvalue weighted by Crippen LogP contribution is 2.30. The van der Waals surface area contributed by atoms with E-state index in [4.69, 9.17) is 0 Å². The molecule has 1 heteroatoms. The Bertz CT molecular complexity index is 283. The van der Waals surface area contributed by atoms with Gasteiger partial charge in [0.15, 0.2) is 0 Å². The van der Waals surface area contributed by atoms with Crippen LogP contribution in [0.2, 0.25) is 0 Å². The van der Waals surface area contributed by atoms with E-state index in [1.165, 1.54) is 11.1 Å². The van der Waals surface area contributed by atoms with Crippen molar-refractivity contribution < 1.29 is 0 Å². The first-order valence-corrected chi connectivity index (χ1v) is 5.49. The Kier molecular flexibility index (Phi) is 3.01. The molecule has 0 saturated carbocycles. The van der Waals surface area contributed by atoms with Crippen molar-refractivity contribution in [1.82, 2.24) is 0 Å². The zero-order valence-corrected chi connectivity index (χ0v) is 10.7. The van der Waals surface area contributed by atoms with Gasteiger partial charge in [0.2, 0.25) is 0 Å². The van der Waals surface area contributed by atoms with Crippen LogP contribution in [0.5, 0.6) is 0 Å². The van der Waals surface area contributed by atoms with Crippen molar-refractivity contribution in [3.63, 3.8) is 0 Å². The third-order valence-electron chi connectivity index (χ3n) is 2.44. The van der Waals surface area contributed by atoms with Crippen LogP contribution >= 0.6 is 12.6 Å². The summed E-state index contributed by atoms with van der Waals surface area (Å²) in [5, 5.41) is 0. The minimum Gasteiger partial charge on any atom is -0.168 e. The number of hydrogen-bond acceptors (Lipinski definition) is 1. The molecule has 78 valence electrons. The predicted molar refractivity (Wildman–Crippen MR) is 67.2 cm³/mol. The van der Waals surface area contributed by atoms with E-state index >= 15 is 0 Å². The van der Waals surface area contributed by atoms with Crippen molar-refractivity contribution in [3.8, 4) is 0 Å². The van der Waals surface area contributed by atoms with Crippen molar-refractivity contribution in [3.05, 3.63) is 35.4 Å². The average molecular weight is 208 g/mol. The molecular weight excluding hydrogens is 188 g/mol. The maximum Gasteiger partial charge on any atom is 0.0322 e. The monoisotopic (exact) mass is 208 g/mol. The van der Waals surface area contributed by atoms with E-state index in [1.807, 2.05) is 0 Å². The molecule has 0 aliphatic heterocycles. The SMILES string of the molecule is CC(C)(C)c1cccc(C(C)(C)S)c1. The van der Waals surface area contributed by atoms with Gasteiger partial charge in [0.25, 0.3) is 0 Å². The summed E-state index contributed by atoms with van der Waals surface area (Å²) in [5.74, 6) is 0. The highest BCUT2D eigenvalue weighted by atomic mass is 32.1. The van der Waals surface area contributed by atoms with Crippen LogP contribution < -0.4 is 0 Å². The molecule has 0 atom stereocenters. The van der Waals surface area contributed by atoms with Crippen molar-refractivity contribution in [2.45, 2.75) is 44.8 Å². The van der Waals surface area contributed by atoms with Gasteiger partial charge in [-0.05, 0) is 30.4 Å². The summed E-state index contributed by atoms with van der Waals surface area (Å²) in [4.78, 5) is 0. The lowest BCUT2D eigenvalue weighted by atomic mass is 9.85. The molecular formula is C13H20S. The number of benzene rings is 1. The highest BCUT2D eigenvalue weighted by molar-refractivity contribution is 7.81. The predicted octanol–water partition coefficient (Wildman–Crippen LogP) is 4.15. The van der Waals surface area contributed by atoms with Gasteiger partial charge in [-0.2, -0.15) is 12.6 Å². The van der Waals surface area contributed by atoms with Crippen LogP contribution in [-0.2, 0) is 10.2 Å². The quantitative estimate of drug-likeness (QED) is 0.659. The minimum absolute atomic E-state index is 0.0543. The molecule has 0 bridgehead atoms. The zero-order chi connectivity index (χ0) is 11.0. The summed E-state index contributed by atoms with van der Waals surface area (Å²) >= 11 is 4.59. The first kappa shape index (κ1) is 11.6. The summed E-state index contributed by atoms with van der Waals surface area (Å²) in [6.07, 6.45) is 0. The van der Waals surface area contributed by atoms with Gasteiger partial charge in [-0.1, -0.05) is 45.0 Å². The molecule has 0 saturated heterocycles. The molecule has 14 heavy (non-hydrogen) atoms. The molecule has 0 aromatic heterocycles. The number of rotatable bonds is 1. The van der Waals surface area contributed by atoms with Gasteiger partial charge in [-0.3, -0.25) is 0 Å². The Morgan fingerprint density at radius 1 is 0.929 bits per heavy atom. The average Bonchev–Trinajstić information content (AvgIpc) is 2.01. The zero-order valence-electron chi connectivity index (χ0n) is 9.76. The molecule has 0 aliphatic rings. The Hall–Kier alpha value is -0.430. The third-order valence-corrected chi connectivity index (χ3v) is 2.69. The second kappa shape index (κ2) is 3.62. The normalized spacial score (nSPS) is 13.0. The molecule has 0 spiro atoms. The van der Waals surface area contributed by atoms with Gasteiger partial charge in [-0.25, -0.2) is 0 Å².